The molecule has 1 saturated carbocycles. The number of nitrogens with zero attached hydrogens (tertiary/aromatic N) is 5. The van der Waals surface area contributed by atoms with Crippen molar-refractivity contribution in [1.82, 2.24) is 28.9 Å². The first-order chi connectivity index (χ1) is 16.8. The SMILES string of the molecule is Cn1c(=O)c2c(ncn2CC(=O)N(CC(=O)NC2CCCCC2)Cc2ccccc2Cl)n(C)c1=O. The molecule has 0 aliphatic heterocycles. The van der Waals surface area contributed by atoms with E-state index in [0.29, 0.717) is 10.6 Å². The van der Waals surface area contributed by atoms with Gasteiger partial charge in [0.2, 0.25) is 11.8 Å². The fourth-order valence-electron chi connectivity index (χ4n) is 4.52. The average Bonchev–Trinajstić information content (AvgIpc) is 3.26. The molecule has 2 amide bonds. The molecule has 0 bridgehead atoms. The van der Waals surface area contributed by atoms with Gasteiger partial charge in [0.05, 0.1) is 12.9 Å². The van der Waals surface area contributed by atoms with Gasteiger partial charge in [-0.25, -0.2) is 9.78 Å². The van der Waals surface area contributed by atoms with Crippen molar-refractivity contribution in [2.45, 2.75) is 51.2 Å². The van der Waals surface area contributed by atoms with E-state index in [9.17, 15) is 19.2 Å². The number of carbonyl (C=O) groups excluding carboxylic acids is 2. The van der Waals surface area contributed by atoms with Crippen LogP contribution in [0.25, 0.3) is 11.2 Å². The van der Waals surface area contributed by atoms with E-state index in [-0.39, 0.29) is 48.7 Å². The standard InChI is InChI=1S/C24H29ClN6O4/c1-28-22-21(23(34)29(2)24(28)35)31(15-26-22)14-20(33)30(12-16-8-6-7-11-18(16)25)13-19(32)27-17-9-4-3-5-10-17/h6-8,11,15,17H,3-5,9-10,12-14H2,1-2H3,(H,27,32). The number of nitrogens with one attached hydrogen (secondary N) is 1. The number of halogens is 1. The fourth-order valence-corrected chi connectivity index (χ4v) is 4.72. The van der Waals surface area contributed by atoms with Gasteiger partial charge in [-0.3, -0.25) is 23.5 Å². The molecule has 35 heavy (non-hydrogen) atoms. The molecule has 10 nitrogen and oxygen atoms in total. The lowest BCUT2D eigenvalue weighted by Gasteiger charge is -2.26. The number of benzene rings is 1. The van der Waals surface area contributed by atoms with Gasteiger partial charge in [-0.1, -0.05) is 49.1 Å². The molecule has 3 aromatic rings. The van der Waals surface area contributed by atoms with Gasteiger partial charge < -0.3 is 14.8 Å². The largest absolute Gasteiger partial charge is 0.352 e. The van der Waals surface area contributed by atoms with Gasteiger partial charge in [0.1, 0.15) is 6.54 Å². The summed E-state index contributed by atoms with van der Waals surface area (Å²) in [6, 6.07) is 7.27. The first kappa shape index (κ1) is 24.7. The predicted octanol–water partition coefficient (Wildman–Crippen LogP) is 1.56. The average molecular weight is 501 g/mol. The molecule has 0 spiro atoms. The second-order valence-electron chi connectivity index (χ2n) is 8.99. The molecular weight excluding hydrogens is 472 g/mol. The number of imidazole rings is 1. The van der Waals surface area contributed by atoms with E-state index in [2.05, 4.69) is 10.3 Å². The molecule has 0 atom stereocenters. The van der Waals surface area contributed by atoms with Crippen LogP contribution in [0.2, 0.25) is 5.02 Å². The summed E-state index contributed by atoms with van der Waals surface area (Å²) in [4.78, 5) is 56.8. The Morgan fingerprint density at radius 1 is 1.11 bits per heavy atom. The van der Waals surface area contributed by atoms with Crippen molar-refractivity contribution in [3.8, 4) is 0 Å². The molecule has 1 aliphatic carbocycles. The lowest BCUT2D eigenvalue weighted by Crippen LogP contribution is -2.45. The normalized spacial score (nSPS) is 14.3. The molecule has 186 valence electrons. The Kier molecular flexibility index (Phi) is 7.39. The highest BCUT2D eigenvalue weighted by molar-refractivity contribution is 6.31. The number of fused-ring (bicyclic) bond motifs is 1. The lowest BCUT2D eigenvalue weighted by atomic mass is 9.95. The van der Waals surface area contributed by atoms with Crippen LogP contribution in [0.4, 0.5) is 0 Å². The molecule has 2 heterocycles. The van der Waals surface area contributed by atoms with E-state index in [1.807, 2.05) is 6.07 Å². The summed E-state index contributed by atoms with van der Waals surface area (Å²) in [5.74, 6) is -0.606. The van der Waals surface area contributed by atoms with Crippen LogP contribution >= 0.6 is 11.6 Å². The van der Waals surface area contributed by atoms with Gasteiger partial charge in [0.15, 0.2) is 11.2 Å². The van der Waals surface area contributed by atoms with Crippen molar-refractivity contribution in [3.05, 3.63) is 62.0 Å². The minimum atomic E-state index is -0.541. The van der Waals surface area contributed by atoms with Gasteiger partial charge in [-0.2, -0.15) is 0 Å². The maximum Gasteiger partial charge on any atom is 0.332 e. The van der Waals surface area contributed by atoms with Crippen molar-refractivity contribution in [2.24, 2.45) is 14.1 Å². The summed E-state index contributed by atoms with van der Waals surface area (Å²) in [6.45, 7) is -0.214. The number of aryl methyl sites for hydroxylation is 1. The van der Waals surface area contributed by atoms with Crippen molar-refractivity contribution in [1.29, 1.82) is 0 Å². The highest BCUT2D eigenvalue weighted by Crippen LogP contribution is 2.19. The summed E-state index contributed by atoms with van der Waals surface area (Å²) in [7, 11) is 2.89. The van der Waals surface area contributed by atoms with Crippen LogP contribution in [-0.4, -0.2) is 48.0 Å². The summed E-state index contributed by atoms with van der Waals surface area (Å²) in [6.07, 6.45) is 6.57. The number of carbonyl (C=O) groups is 2. The molecule has 1 N–H and O–H groups in total. The van der Waals surface area contributed by atoms with E-state index >= 15 is 0 Å². The van der Waals surface area contributed by atoms with Crippen molar-refractivity contribution in [2.75, 3.05) is 6.54 Å². The molecule has 0 unspecified atom stereocenters. The Morgan fingerprint density at radius 3 is 2.54 bits per heavy atom. The quantitative estimate of drug-likeness (QED) is 0.529. The Hall–Kier alpha value is -3.40. The maximum atomic E-state index is 13.4. The van der Waals surface area contributed by atoms with Crippen LogP contribution in [-0.2, 0) is 36.8 Å². The Morgan fingerprint density at radius 2 is 1.83 bits per heavy atom. The minimum absolute atomic E-state index is 0.121. The van der Waals surface area contributed by atoms with E-state index in [1.54, 1.807) is 18.2 Å². The van der Waals surface area contributed by atoms with Crippen LogP contribution in [0.5, 0.6) is 0 Å². The molecule has 0 saturated heterocycles. The summed E-state index contributed by atoms with van der Waals surface area (Å²) >= 11 is 6.33. The lowest BCUT2D eigenvalue weighted by molar-refractivity contribution is -0.137. The predicted molar refractivity (Wildman–Crippen MR) is 132 cm³/mol. The van der Waals surface area contributed by atoms with Gasteiger partial charge >= 0.3 is 5.69 Å². The zero-order valence-corrected chi connectivity index (χ0v) is 20.6. The summed E-state index contributed by atoms with van der Waals surface area (Å²) in [5, 5.41) is 3.54. The van der Waals surface area contributed by atoms with Gasteiger partial charge in [-0.15, -0.1) is 0 Å². The van der Waals surface area contributed by atoms with E-state index in [0.717, 1.165) is 30.3 Å². The van der Waals surface area contributed by atoms with Gasteiger partial charge in [-0.05, 0) is 24.5 Å². The van der Waals surface area contributed by atoms with Crippen LogP contribution < -0.4 is 16.6 Å². The first-order valence-electron chi connectivity index (χ1n) is 11.7. The molecule has 4 rings (SSSR count). The Labute approximate surface area is 207 Å². The second kappa shape index (κ2) is 10.5. The van der Waals surface area contributed by atoms with Crippen molar-refractivity contribution < 1.29 is 9.59 Å². The van der Waals surface area contributed by atoms with Gasteiger partial charge in [0, 0.05) is 31.7 Å². The molecule has 2 aromatic heterocycles. The number of amides is 2. The fraction of sp³-hybridized carbons (Fsp3) is 0.458. The smallest absolute Gasteiger partial charge is 0.332 e. The summed E-state index contributed by atoms with van der Waals surface area (Å²) in [5.41, 5.74) is 0.00702. The number of rotatable bonds is 7. The van der Waals surface area contributed by atoms with Crippen LogP contribution in [0.1, 0.15) is 37.7 Å². The van der Waals surface area contributed by atoms with Crippen molar-refractivity contribution >= 4 is 34.6 Å². The first-order valence-corrected chi connectivity index (χ1v) is 12.1. The zero-order chi connectivity index (χ0) is 25.1. The Balaban J connectivity index is 1.59. The van der Waals surface area contributed by atoms with Crippen LogP contribution in [0.3, 0.4) is 0 Å². The van der Waals surface area contributed by atoms with E-state index in [1.165, 1.54) is 40.9 Å². The van der Waals surface area contributed by atoms with Crippen molar-refractivity contribution in [3.63, 3.8) is 0 Å². The monoisotopic (exact) mass is 500 g/mol. The highest BCUT2D eigenvalue weighted by atomic mass is 35.5. The maximum absolute atomic E-state index is 13.4. The molecule has 1 aromatic carbocycles. The van der Waals surface area contributed by atoms with Gasteiger partial charge in [0.25, 0.3) is 5.56 Å². The van der Waals surface area contributed by atoms with E-state index < -0.39 is 11.2 Å². The minimum Gasteiger partial charge on any atom is -0.352 e. The molecule has 0 radical (unpaired) electrons. The molecule has 11 heteroatoms. The number of aromatic nitrogens is 4. The van der Waals surface area contributed by atoms with Crippen LogP contribution in [0, 0.1) is 0 Å². The Bertz CT molecular complexity index is 1370. The zero-order valence-electron chi connectivity index (χ0n) is 19.9. The molecule has 1 fully saturated rings. The third-order valence-electron chi connectivity index (χ3n) is 6.50. The number of hydrogen-bond acceptors (Lipinski definition) is 5. The van der Waals surface area contributed by atoms with Crippen LogP contribution in [0.15, 0.2) is 40.2 Å². The second-order valence-corrected chi connectivity index (χ2v) is 9.40. The number of hydrogen-bond donors (Lipinski definition) is 1. The highest BCUT2D eigenvalue weighted by Gasteiger charge is 2.23. The molecule has 1 aliphatic rings. The third-order valence-corrected chi connectivity index (χ3v) is 6.87. The molecular formula is C24H29ClN6O4. The summed E-state index contributed by atoms with van der Waals surface area (Å²) < 4.78 is 3.65. The topological polar surface area (TPSA) is 111 Å². The van der Waals surface area contributed by atoms with E-state index in [4.69, 9.17) is 11.6 Å². The third kappa shape index (κ3) is 5.32.